The summed E-state index contributed by atoms with van der Waals surface area (Å²) in [5.41, 5.74) is 2.54. The van der Waals surface area contributed by atoms with E-state index in [4.69, 9.17) is 0 Å². The molecule has 3 aromatic carbocycles. The first-order valence-electron chi connectivity index (χ1n) is 9.69. The van der Waals surface area contributed by atoms with E-state index < -0.39 is 5.92 Å². The Bertz CT molecular complexity index is 1310. The number of amides is 1. The van der Waals surface area contributed by atoms with Gasteiger partial charge in [-0.1, -0.05) is 36.4 Å². The van der Waals surface area contributed by atoms with Gasteiger partial charge in [0.05, 0.1) is 17.3 Å². The highest BCUT2D eigenvalue weighted by Crippen LogP contribution is 2.38. The first kappa shape index (κ1) is 18.2. The fourth-order valence-electron chi connectivity index (χ4n) is 4.08. The van der Waals surface area contributed by atoms with E-state index in [9.17, 15) is 14.0 Å². The molecule has 1 N–H and O–H groups in total. The molecule has 0 saturated heterocycles. The van der Waals surface area contributed by atoms with Gasteiger partial charge in [0.1, 0.15) is 11.6 Å². The maximum Gasteiger partial charge on any atom is 0.226 e. The highest BCUT2D eigenvalue weighted by molar-refractivity contribution is 6.09. The van der Waals surface area contributed by atoms with E-state index in [1.807, 2.05) is 43.3 Å². The molecule has 0 bridgehead atoms. The third-order valence-corrected chi connectivity index (χ3v) is 5.52. The van der Waals surface area contributed by atoms with Crippen molar-refractivity contribution in [2.24, 2.45) is 0 Å². The van der Waals surface area contributed by atoms with Crippen LogP contribution >= 0.6 is 0 Å². The van der Waals surface area contributed by atoms with Crippen LogP contribution in [0.3, 0.4) is 0 Å². The number of aromatic nitrogens is 2. The van der Waals surface area contributed by atoms with Gasteiger partial charge in [-0.25, -0.2) is 9.07 Å². The SMILES string of the molecule is Cc1nn(-c2ccc(F)cc2)c2c1[C@@H](C(=O)c1ccc3ccccc3c1)CC(=O)N2. The molecular weight excluding hydrogens is 381 g/mol. The summed E-state index contributed by atoms with van der Waals surface area (Å²) in [6.07, 6.45) is 0.0641. The van der Waals surface area contributed by atoms with Crippen molar-refractivity contribution in [2.45, 2.75) is 19.3 Å². The number of nitrogens with zero attached hydrogens (tertiary/aromatic N) is 2. The van der Waals surface area contributed by atoms with Crippen LogP contribution in [0, 0.1) is 12.7 Å². The van der Waals surface area contributed by atoms with Crippen LogP contribution in [0.5, 0.6) is 0 Å². The molecule has 0 radical (unpaired) electrons. The van der Waals surface area contributed by atoms with Gasteiger partial charge in [-0.05, 0) is 48.0 Å². The summed E-state index contributed by atoms with van der Waals surface area (Å²) >= 11 is 0. The molecule has 0 aliphatic carbocycles. The average molecular weight is 399 g/mol. The van der Waals surface area contributed by atoms with E-state index in [1.165, 1.54) is 12.1 Å². The Morgan fingerprint density at radius 1 is 1.07 bits per heavy atom. The van der Waals surface area contributed by atoms with Crippen molar-refractivity contribution in [3.8, 4) is 5.69 Å². The lowest BCUT2D eigenvalue weighted by Gasteiger charge is -2.23. The van der Waals surface area contributed by atoms with Crippen LogP contribution in [0.15, 0.2) is 66.7 Å². The number of benzene rings is 3. The quantitative estimate of drug-likeness (QED) is 0.504. The topological polar surface area (TPSA) is 64.0 Å². The number of anilines is 1. The van der Waals surface area contributed by atoms with Crippen LogP contribution in [0.2, 0.25) is 0 Å². The van der Waals surface area contributed by atoms with E-state index in [1.54, 1.807) is 22.9 Å². The van der Waals surface area contributed by atoms with E-state index in [-0.39, 0.29) is 23.9 Å². The van der Waals surface area contributed by atoms with Crippen molar-refractivity contribution in [1.82, 2.24) is 9.78 Å². The summed E-state index contributed by atoms with van der Waals surface area (Å²) in [7, 11) is 0. The Morgan fingerprint density at radius 2 is 1.80 bits per heavy atom. The maximum atomic E-state index is 13.4. The molecule has 5 rings (SSSR count). The minimum atomic E-state index is -0.621. The van der Waals surface area contributed by atoms with Gasteiger partial charge in [-0.3, -0.25) is 9.59 Å². The molecule has 4 aromatic rings. The van der Waals surface area contributed by atoms with Gasteiger partial charge in [0.25, 0.3) is 0 Å². The van der Waals surface area contributed by atoms with E-state index >= 15 is 0 Å². The van der Waals surface area contributed by atoms with Crippen molar-refractivity contribution in [2.75, 3.05) is 5.32 Å². The Kier molecular flexibility index (Phi) is 4.20. The molecule has 148 valence electrons. The van der Waals surface area contributed by atoms with Gasteiger partial charge >= 0.3 is 0 Å². The third-order valence-electron chi connectivity index (χ3n) is 5.52. The van der Waals surface area contributed by atoms with Gasteiger partial charge in [-0.2, -0.15) is 5.10 Å². The molecular formula is C24H18FN3O2. The highest BCUT2D eigenvalue weighted by Gasteiger charge is 2.36. The number of carbonyl (C=O) groups is 2. The zero-order valence-electron chi connectivity index (χ0n) is 16.2. The number of carbonyl (C=O) groups excluding carboxylic acids is 2. The van der Waals surface area contributed by atoms with Gasteiger partial charge < -0.3 is 5.32 Å². The van der Waals surface area contributed by atoms with Crippen LogP contribution in [0.25, 0.3) is 16.5 Å². The second-order valence-electron chi connectivity index (χ2n) is 7.47. The lowest BCUT2D eigenvalue weighted by Crippen LogP contribution is -2.28. The molecule has 0 spiro atoms. The Labute approximate surface area is 172 Å². The maximum absolute atomic E-state index is 13.4. The summed E-state index contributed by atoms with van der Waals surface area (Å²) in [6.45, 7) is 1.82. The van der Waals surface area contributed by atoms with Gasteiger partial charge in [0.15, 0.2) is 5.78 Å². The van der Waals surface area contributed by atoms with E-state index in [0.29, 0.717) is 28.3 Å². The Morgan fingerprint density at radius 3 is 2.57 bits per heavy atom. The molecule has 30 heavy (non-hydrogen) atoms. The normalized spacial score (nSPS) is 15.7. The average Bonchev–Trinajstić information content (AvgIpc) is 3.09. The van der Waals surface area contributed by atoms with Crippen LogP contribution in [-0.4, -0.2) is 21.5 Å². The van der Waals surface area contributed by atoms with Crippen molar-refractivity contribution < 1.29 is 14.0 Å². The summed E-state index contributed by atoms with van der Waals surface area (Å²) < 4.78 is 14.9. The predicted molar refractivity (Wildman–Crippen MR) is 113 cm³/mol. The molecule has 0 unspecified atom stereocenters. The van der Waals surface area contributed by atoms with Crippen LogP contribution < -0.4 is 5.32 Å². The number of nitrogens with one attached hydrogen (secondary N) is 1. The van der Waals surface area contributed by atoms with Crippen LogP contribution in [0.4, 0.5) is 10.2 Å². The molecule has 1 aliphatic rings. The molecule has 1 atom stereocenters. The standard InChI is InChI=1S/C24H18FN3O2/c1-14-22-20(23(30)17-7-6-15-4-2-3-5-16(15)12-17)13-21(29)26-24(22)28(27-14)19-10-8-18(25)9-11-19/h2-12,20H,13H2,1H3,(H,26,29)/t20-/m0/s1. The molecule has 6 heteroatoms. The first-order chi connectivity index (χ1) is 14.5. The second kappa shape index (κ2) is 6.91. The van der Waals surface area contributed by atoms with E-state index in [0.717, 1.165) is 10.8 Å². The van der Waals surface area contributed by atoms with Crippen molar-refractivity contribution in [3.05, 3.63) is 89.4 Å². The lowest BCUT2D eigenvalue weighted by molar-refractivity contribution is -0.116. The van der Waals surface area contributed by atoms with Crippen LogP contribution in [-0.2, 0) is 4.79 Å². The number of fused-ring (bicyclic) bond motifs is 2. The number of ketones is 1. The minimum Gasteiger partial charge on any atom is -0.310 e. The van der Waals surface area contributed by atoms with Crippen LogP contribution in [0.1, 0.15) is 34.0 Å². The zero-order chi connectivity index (χ0) is 20.8. The number of aryl methyl sites for hydroxylation is 1. The zero-order valence-corrected chi connectivity index (χ0v) is 16.2. The van der Waals surface area contributed by atoms with Gasteiger partial charge in [0.2, 0.25) is 5.91 Å². The van der Waals surface area contributed by atoms with Gasteiger partial charge in [0, 0.05) is 17.5 Å². The summed E-state index contributed by atoms with van der Waals surface area (Å²) in [6, 6.07) is 19.3. The molecule has 0 fully saturated rings. The molecule has 1 aromatic heterocycles. The predicted octanol–water partition coefficient (Wildman–Crippen LogP) is 4.78. The Balaban J connectivity index is 1.60. The number of hydrogen-bond donors (Lipinski definition) is 1. The molecule has 0 saturated carbocycles. The number of rotatable bonds is 3. The molecule has 2 heterocycles. The first-order valence-corrected chi connectivity index (χ1v) is 9.69. The third kappa shape index (κ3) is 2.97. The fourth-order valence-corrected chi connectivity index (χ4v) is 4.08. The summed E-state index contributed by atoms with van der Waals surface area (Å²) in [5, 5.41) is 9.40. The van der Waals surface area contributed by atoms with E-state index in [2.05, 4.69) is 10.4 Å². The molecule has 1 amide bonds. The number of Topliss-reactive ketones (excluding diaryl/α,β-unsaturated/α-hetero) is 1. The lowest BCUT2D eigenvalue weighted by atomic mass is 9.85. The van der Waals surface area contributed by atoms with Crippen molar-refractivity contribution >= 4 is 28.3 Å². The number of halogens is 1. The number of hydrogen-bond acceptors (Lipinski definition) is 3. The molecule has 1 aliphatic heterocycles. The molecule has 5 nitrogen and oxygen atoms in total. The largest absolute Gasteiger partial charge is 0.310 e. The second-order valence-corrected chi connectivity index (χ2v) is 7.47. The van der Waals surface area contributed by atoms with Crippen molar-refractivity contribution in [1.29, 1.82) is 0 Å². The smallest absolute Gasteiger partial charge is 0.226 e. The summed E-state index contributed by atoms with van der Waals surface area (Å²) in [4.78, 5) is 25.9. The summed E-state index contributed by atoms with van der Waals surface area (Å²) in [5.74, 6) is -0.869. The Hall–Kier alpha value is -3.80. The minimum absolute atomic E-state index is 0.0641. The highest BCUT2D eigenvalue weighted by atomic mass is 19.1. The van der Waals surface area contributed by atoms with Gasteiger partial charge in [-0.15, -0.1) is 0 Å². The van der Waals surface area contributed by atoms with Crippen molar-refractivity contribution in [3.63, 3.8) is 0 Å². The monoisotopic (exact) mass is 399 g/mol. The fraction of sp³-hybridized carbons (Fsp3) is 0.125.